The van der Waals surface area contributed by atoms with Crippen LogP contribution in [0.2, 0.25) is 5.15 Å². The van der Waals surface area contributed by atoms with E-state index in [0.717, 1.165) is 0 Å². The van der Waals surface area contributed by atoms with E-state index in [9.17, 15) is 9.59 Å². The van der Waals surface area contributed by atoms with E-state index in [0.29, 0.717) is 31.5 Å². The molecule has 0 radical (unpaired) electrons. The highest BCUT2D eigenvalue weighted by Gasteiger charge is 2.27. The smallest absolute Gasteiger partial charge is 0.407 e. The fourth-order valence-corrected chi connectivity index (χ4v) is 2.62. The Kier molecular flexibility index (Phi) is 5.46. The number of nitrogens with zero attached hydrogens (tertiary/aromatic N) is 2. The molecule has 23 heavy (non-hydrogen) atoms. The molecule has 1 aliphatic rings. The number of likely N-dealkylation sites (tertiary alicyclic amines) is 1. The molecule has 1 aliphatic heterocycles. The number of alkyl carbamates (subject to hydrolysis) is 1. The average Bonchev–Trinajstić information content (AvgIpc) is 2.46. The van der Waals surface area contributed by atoms with Gasteiger partial charge in [-0.25, -0.2) is 9.78 Å². The Bertz CT molecular complexity index is 578. The molecule has 1 fully saturated rings. The number of nitrogens with one attached hydrogen (secondary N) is 1. The molecule has 2 heterocycles. The van der Waals surface area contributed by atoms with Crippen LogP contribution in [0.1, 0.15) is 44.0 Å². The van der Waals surface area contributed by atoms with Crippen LogP contribution >= 0.6 is 11.6 Å². The van der Waals surface area contributed by atoms with Gasteiger partial charge >= 0.3 is 6.09 Å². The van der Waals surface area contributed by atoms with Crippen molar-refractivity contribution in [3.63, 3.8) is 0 Å². The Morgan fingerprint density at radius 2 is 2.00 bits per heavy atom. The largest absolute Gasteiger partial charge is 0.444 e. The lowest BCUT2D eigenvalue weighted by atomic mass is 10.0. The first-order valence-electron chi connectivity index (χ1n) is 7.65. The Morgan fingerprint density at radius 3 is 2.57 bits per heavy atom. The van der Waals surface area contributed by atoms with Crippen LogP contribution in [0.15, 0.2) is 18.3 Å². The van der Waals surface area contributed by atoms with E-state index < -0.39 is 11.7 Å². The predicted octanol–water partition coefficient (Wildman–Crippen LogP) is 2.86. The van der Waals surface area contributed by atoms with Crippen molar-refractivity contribution >= 4 is 23.6 Å². The molecule has 0 unspecified atom stereocenters. The zero-order valence-electron chi connectivity index (χ0n) is 13.6. The van der Waals surface area contributed by atoms with Crippen LogP contribution in [0.3, 0.4) is 0 Å². The van der Waals surface area contributed by atoms with Gasteiger partial charge in [-0.05, 0) is 45.7 Å². The van der Waals surface area contributed by atoms with Gasteiger partial charge in [0.25, 0.3) is 5.91 Å². The number of aromatic nitrogens is 1. The molecule has 0 saturated carbocycles. The second-order valence-corrected chi connectivity index (χ2v) is 6.91. The number of carbonyl (C=O) groups excluding carboxylic acids is 2. The summed E-state index contributed by atoms with van der Waals surface area (Å²) in [5.41, 5.74) is -0.106. The van der Waals surface area contributed by atoms with Crippen LogP contribution in [-0.2, 0) is 4.74 Å². The van der Waals surface area contributed by atoms with Crippen LogP contribution in [0.5, 0.6) is 0 Å². The summed E-state index contributed by atoms with van der Waals surface area (Å²) < 4.78 is 5.24. The molecule has 126 valence electrons. The second kappa shape index (κ2) is 7.17. The van der Waals surface area contributed by atoms with Crippen LogP contribution in [0.25, 0.3) is 0 Å². The maximum absolute atomic E-state index is 12.4. The molecule has 1 aromatic rings. The minimum absolute atomic E-state index is 0.0123. The molecule has 1 aromatic heterocycles. The third-order valence-electron chi connectivity index (χ3n) is 3.49. The highest BCUT2D eigenvalue weighted by atomic mass is 35.5. The van der Waals surface area contributed by atoms with Gasteiger partial charge < -0.3 is 15.0 Å². The van der Waals surface area contributed by atoms with E-state index in [1.807, 2.05) is 20.8 Å². The maximum atomic E-state index is 12.4. The molecular formula is C16H22ClN3O3. The van der Waals surface area contributed by atoms with Crippen LogP contribution in [0, 0.1) is 0 Å². The van der Waals surface area contributed by atoms with E-state index in [1.165, 1.54) is 0 Å². The fraction of sp³-hybridized carbons (Fsp3) is 0.562. The van der Waals surface area contributed by atoms with Gasteiger partial charge in [-0.2, -0.15) is 0 Å². The van der Waals surface area contributed by atoms with E-state index in [-0.39, 0.29) is 17.1 Å². The van der Waals surface area contributed by atoms with Crippen molar-refractivity contribution in [2.45, 2.75) is 45.3 Å². The first-order valence-corrected chi connectivity index (χ1v) is 8.03. The van der Waals surface area contributed by atoms with Gasteiger partial charge in [0.05, 0.1) is 5.56 Å². The lowest BCUT2D eigenvalue weighted by molar-refractivity contribution is 0.0473. The summed E-state index contributed by atoms with van der Waals surface area (Å²) in [6.45, 7) is 6.59. The normalized spacial score (nSPS) is 16.1. The number of piperidine rings is 1. The van der Waals surface area contributed by atoms with Crippen LogP contribution < -0.4 is 5.32 Å². The molecule has 0 bridgehead atoms. The van der Waals surface area contributed by atoms with Crippen molar-refractivity contribution in [3.05, 3.63) is 29.0 Å². The van der Waals surface area contributed by atoms with Gasteiger partial charge in [0.15, 0.2) is 0 Å². The molecule has 0 aliphatic carbocycles. The summed E-state index contributed by atoms with van der Waals surface area (Å²) in [6, 6.07) is 3.37. The molecule has 2 rings (SSSR count). The molecule has 1 N–H and O–H groups in total. The summed E-state index contributed by atoms with van der Waals surface area (Å²) in [6.07, 6.45) is 2.50. The zero-order valence-corrected chi connectivity index (χ0v) is 14.4. The van der Waals surface area contributed by atoms with E-state index in [1.54, 1.807) is 23.2 Å². The van der Waals surface area contributed by atoms with Crippen molar-refractivity contribution < 1.29 is 14.3 Å². The minimum atomic E-state index is -0.516. The Balaban J connectivity index is 1.85. The molecule has 2 amide bonds. The highest BCUT2D eigenvalue weighted by Crippen LogP contribution is 2.18. The van der Waals surface area contributed by atoms with E-state index >= 15 is 0 Å². The molecule has 0 spiro atoms. The van der Waals surface area contributed by atoms with Gasteiger partial charge in [0.2, 0.25) is 0 Å². The zero-order chi connectivity index (χ0) is 17.0. The van der Waals surface area contributed by atoms with Crippen molar-refractivity contribution in [2.75, 3.05) is 13.1 Å². The molecule has 0 atom stereocenters. The second-order valence-electron chi connectivity index (χ2n) is 6.55. The Labute approximate surface area is 141 Å². The summed E-state index contributed by atoms with van der Waals surface area (Å²) >= 11 is 5.97. The van der Waals surface area contributed by atoms with Gasteiger partial charge in [-0.3, -0.25) is 4.79 Å². The summed E-state index contributed by atoms with van der Waals surface area (Å²) in [4.78, 5) is 29.9. The number of hydrogen-bond acceptors (Lipinski definition) is 4. The quantitative estimate of drug-likeness (QED) is 0.841. The van der Waals surface area contributed by atoms with Crippen LogP contribution in [-0.4, -0.2) is 46.6 Å². The number of hydrogen-bond donors (Lipinski definition) is 1. The fourth-order valence-electron chi connectivity index (χ4n) is 2.42. The third-order valence-corrected chi connectivity index (χ3v) is 3.79. The number of ether oxygens (including phenoxy) is 1. The topological polar surface area (TPSA) is 71.5 Å². The monoisotopic (exact) mass is 339 g/mol. The van der Waals surface area contributed by atoms with Gasteiger partial charge in [-0.1, -0.05) is 11.6 Å². The maximum Gasteiger partial charge on any atom is 0.407 e. The van der Waals surface area contributed by atoms with Crippen LogP contribution in [0.4, 0.5) is 4.79 Å². The van der Waals surface area contributed by atoms with E-state index in [2.05, 4.69) is 10.3 Å². The standard InChI is InChI=1S/C16H22ClN3O3/c1-16(2,3)23-15(22)19-11-6-9-20(10-7-11)14(21)12-5-4-8-18-13(12)17/h4-5,8,11H,6-7,9-10H2,1-3H3,(H,19,22). The van der Waals surface area contributed by atoms with E-state index in [4.69, 9.17) is 16.3 Å². The SMILES string of the molecule is CC(C)(C)OC(=O)NC1CCN(C(=O)c2cccnc2Cl)CC1. The van der Waals surface area contributed by atoms with Gasteiger partial charge in [-0.15, -0.1) is 0 Å². The van der Waals surface area contributed by atoms with Crippen molar-refractivity contribution in [1.29, 1.82) is 0 Å². The lowest BCUT2D eigenvalue weighted by Gasteiger charge is -2.33. The first-order chi connectivity index (χ1) is 10.8. The predicted molar refractivity (Wildman–Crippen MR) is 87.5 cm³/mol. The van der Waals surface area contributed by atoms with Crippen molar-refractivity contribution in [2.24, 2.45) is 0 Å². The molecule has 0 aromatic carbocycles. The molecule has 6 nitrogen and oxygen atoms in total. The van der Waals surface area contributed by atoms with Gasteiger partial charge in [0.1, 0.15) is 10.8 Å². The average molecular weight is 340 g/mol. The number of amides is 2. The summed E-state index contributed by atoms with van der Waals surface area (Å²) in [5.74, 6) is -0.126. The highest BCUT2D eigenvalue weighted by molar-refractivity contribution is 6.32. The lowest BCUT2D eigenvalue weighted by Crippen LogP contribution is -2.47. The van der Waals surface area contributed by atoms with Crippen molar-refractivity contribution in [1.82, 2.24) is 15.2 Å². The molecule has 1 saturated heterocycles. The number of halogens is 1. The molecular weight excluding hydrogens is 318 g/mol. The van der Waals surface area contributed by atoms with Crippen molar-refractivity contribution in [3.8, 4) is 0 Å². The number of carbonyl (C=O) groups is 2. The number of rotatable bonds is 2. The van der Waals surface area contributed by atoms with Gasteiger partial charge in [0, 0.05) is 25.3 Å². The minimum Gasteiger partial charge on any atom is -0.444 e. The summed E-state index contributed by atoms with van der Waals surface area (Å²) in [7, 11) is 0. The number of pyridine rings is 1. The first kappa shape index (κ1) is 17.5. The molecule has 7 heteroatoms. The Hall–Kier alpha value is -1.82. The Morgan fingerprint density at radius 1 is 1.35 bits per heavy atom. The summed E-state index contributed by atoms with van der Waals surface area (Å²) in [5, 5.41) is 3.06. The third kappa shape index (κ3) is 5.10.